The van der Waals surface area contributed by atoms with Crippen molar-refractivity contribution in [2.75, 3.05) is 11.1 Å². The van der Waals surface area contributed by atoms with Gasteiger partial charge in [0.1, 0.15) is 11.5 Å². The van der Waals surface area contributed by atoms with Crippen LogP contribution in [0, 0.1) is 21.7 Å². The Balaban J connectivity index is 2.06. The summed E-state index contributed by atoms with van der Waals surface area (Å²) >= 11 is 0. The average molecular weight is 349 g/mol. The van der Waals surface area contributed by atoms with Crippen LogP contribution in [0.15, 0.2) is 24.3 Å². The summed E-state index contributed by atoms with van der Waals surface area (Å²) in [5.74, 6) is -3.31. The van der Waals surface area contributed by atoms with Crippen LogP contribution in [0.1, 0.15) is 34.7 Å². The van der Waals surface area contributed by atoms with Crippen LogP contribution in [0.5, 0.6) is 0 Å². The van der Waals surface area contributed by atoms with Crippen molar-refractivity contribution in [2.24, 2.45) is 0 Å². The molecule has 0 saturated heterocycles. The number of hydrogen-bond donors (Lipinski definition) is 3. The fourth-order valence-corrected chi connectivity index (χ4v) is 2.53. The number of anilines is 3. The molecule has 0 radical (unpaired) electrons. The van der Waals surface area contributed by atoms with Gasteiger partial charge in [-0.05, 0) is 36.5 Å². The molecule has 0 amide bonds. The predicted molar refractivity (Wildman–Crippen MR) is 86.1 cm³/mol. The molecule has 2 aromatic carbocycles. The summed E-state index contributed by atoms with van der Waals surface area (Å²) in [7, 11) is 0. The molecule has 1 fully saturated rings. The van der Waals surface area contributed by atoms with Crippen molar-refractivity contribution >= 4 is 28.7 Å². The third kappa shape index (κ3) is 3.08. The number of nitrogens with zero attached hydrogens (tertiary/aromatic N) is 1. The second kappa shape index (κ2) is 6.00. The SMILES string of the molecule is Nc1c([N+](=O)[O-])cc(C(=O)O)c(Nc2ccc(C3CC3)cc2F)c1F. The number of nitrogens with one attached hydrogen (secondary N) is 1. The number of rotatable bonds is 5. The number of carboxylic acid groups (broad SMARTS) is 1. The maximum atomic E-state index is 14.4. The summed E-state index contributed by atoms with van der Waals surface area (Å²) < 4.78 is 28.6. The molecule has 1 aliphatic carbocycles. The van der Waals surface area contributed by atoms with Crippen LogP contribution < -0.4 is 11.1 Å². The third-order valence-electron chi connectivity index (χ3n) is 4.01. The van der Waals surface area contributed by atoms with Crippen LogP contribution in [0.2, 0.25) is 0 Å². The van der Waals surface area contributed by atoms with Crippen molar-refractivity contribution in [1.82, 2.24) is 0 Å². The van der Waals surface area contributed by atoms with Gasteiger partial charge < -0.3 is 16.2 Å². The van der Waals surface area contributed by atoms with E-state index < -0.39 is 45.2 Å². The highest BCUT2D eigenvalue weighted by Crippen LogP contribution is 2.41. The van der Waals surface area contributed by atoms with Crippen molar-refractivity contribution in [3.63, 3.8) is 0 Å². The maximum absolute atomic E-state index is 14.4. The number of carbonyl (C=O) groups is 1. The van der Waals surface area contributed by atoms with Gasteiger partial charge in [0, 0.05) is 6.07 Å². The van der Waals surface area contributed by atoms with Gasteiger partial charge in [-0.2, -0.15) is 0 Å². The number of nitro benzene ring substituents is 1. The minimum Gasteiger partial charge on any atom is -0.478 e. The lowest BCUT2D eigenvalue weighted by atomic mass is 10.1. The van der Waals surface area contributed by atoms with Gasteiger partial charge in [0.05, 0.1) is 21.9 Å². The van der Waals surface area contributed by atoms with E-state index in [-0.39, 0.29) is 5.69 Å². The first-order chi connectivity index (χ1) is 11.8. The molecule has 2 aromatic rings. The van der Waals surface area contributed by atoms with Crippen LogP contribution in [0.3, 0.4) is 0 Å². The monoisotopic (exact) mass is 349 g/mol. The molecule has 7 nitrogen and oxygen atoms in total. The first-order valence-electron chi connectivity index (χ1n) is 7.35. The van der Waals surface area contributed by atoms with Gasteiger partial charge in [-0.25, -0.2) is 13.6 Å². The van der Waals surface area contributed by atoms with Crippen LogP contribution in [-0.4, -0.2) is 16.0 Å². The maximum Gasteiger partial charge on any atom is 0.338 e. The number of benzene rings is 2. The summed E-state index contributed by atoms with van der Waals surface area (Å²) in [5.41, 5.74) is 2.98. The average Bonchev–Trinajstić information content (AvgIpc) is 3.37. The Morgan fingerprint density at radius 1 is 1.32 bits per heavy atom. The van der Waals surface area contributed by atoms with Gasteiger partial charge in [-0.3, -0.25) is 10.1 Å². The molecule has 0 unspecified atom stereocenters. The zero-order valence-corrected chi connectivity index (χ0v) is 12.8. The van der Waals surface area contributed by atoms with E-state index in [9.17, 15) is 28.8 Å². The van der Waals surface area contributed by atoms with Gasteiger partial charge in [-0.1, -0.05) is 6.07 Å². The smallest absolute Gasteiger partial charge is 0.338 e. The van der Waals surface area contributed by atoms with E-state index in [1.54, 1.807) is 6.07 Å². The highest BCUT2D eigenvalue weighted by atomic mass is 19.1. The number of nitrogens with two attached hydrogens (primary N) is 1. The van der Waals surface area contributed by atoms with Gasteiger partial charge in [0.2, 0.25) is 0 Å². The Labute approximate surface area is 140 Å². The van der Waals surface area contributed by atoms with E-state index in [1.165, 1.54) is 12.1 Å². The Morgan fingerprint density at radius 2 is 2.00 bits per heavy atom. The number of aromatic carboxylic acids is 1. The van der Waals surface area contributed by atoms with Gasteiger partial charge in [0.25, 0.3) is 5.69 Å². The standard InChI is InChI=1S/C16H13F2N3O4/c17-10-5-8(7-1-2-7)3-4-11(10)20-15-9(16(22)23)6-12(21(24)25)14(19)13(15)18/h3-7,20H,1-2,19H2,(H,22,23). The second-order valence-electron chi connectivity index (χ2n) is 5.75. The van der Waals surface area contributed by atoms with Crippen LogP contribution in [-0.2, 0) is 0 Å². The fourth-order valence-electron chi connectivity index (χ4n) is 2.53. The van der Waals surface area contributed by atoms with Gasteiger partial charge >= 0.3 is 5.97 Å². The zero-order valence-electron chi connectivity index (χ0n) is 12.8. The number of nitro groups is 1. The molecule has 0 atom stereocenters. The molecule has 130 valence electrons. The molecule has 9 heteroatoms. The molecule has 0 spiro atoms. The van der Waals surface area contributed by atoms with E-state index in [0.29, 0.717) is 12.0 Å². The molecule has 0 heterocycles. The van der Waals surface area contributed by atoms with E-state index >= 15 is 0 Å². The molecule has 1 aliphatic rings. The minimum absolute atomic E-state index is 0.154. The fraction of sp³-hybridized carbons (Fsp3) is 0.188. The van der Waals surface area contributed by atoms with E-state index in [1.807, 2.05) is 0 Å². The van der Waals surface area contributed by atoms with Crippen molar-refractivity contribution in [2.45, 2.75) is 18.8 Å². The number of carboxylic acids is 1. The molecular formula is C16H13F2N3O4. The quantitative estimate of drug-likeness (QED) is 0.429. The summed E-state index contributed by atoms with van der Waals surface area (Å²) in [5, 5.41) is 22.4. The molecule has 0 aliphatic heterocycles. The summed E-state index contributed by atoms with van der Waals surface area (Å²) in [6.45, 7) is 0. The lowest BCUT2D eigenvalue weighted by Gasteiger charge is -2.14. The Hall–Kier alpha value is -3.23. The van der Waals surface area contributed by atoms with Crippen molar-refractivity contribution in [3.05, 3.63) is 57.1 Å². The van der Waals surface area contributed by atoms with Crippen LogP contribution in [0.4, 0.5) is 31.5 Å². The van der Waals surface area contributed by atoms with Gasteiger partial charge in [0.15, 0.2) is 5.82 Å². The lowest BCUT2D eigenvalue weighted by molar-refractivity contribution is -0.384. The largest absolute Gasteiger partial charge is 0.478 e. The second-order valence-corrected chi connectivity index (χ2v) is 5.75. The molecule has 25 heavy (non-hydrogen) atoms. The number of halogens is 2. The highest BCUT2D eigenvalue weighted by molar-refractivity contribution is 5.98. The topological polar surface area (TPSA) is 118 Å². The van der Waals surface area contributed by atoms with Crippen LogP contribution in [0.25, 0.3) is 0 Å². The molecular weight excluding hydrogens is 336 g/mol. The first-order valence-corrected chi connectivity index (χ1v) is 7.35. The minimum atomic E-state index is -1.61. The molecule has 3 rings (SSSR count). The van der Waals surface area contributed by atoms with E-state index in [2.05, 4.69) is 5.32 Å². The van der Waals surface area contributed by atoms with Crippen LogP contribution >= 0.6 is 0 Å². The summed E-state index contributed by atoms with van der Waals surface area (Å²) in [6.07, 6.45) is 1.95. The van der Waals surface area contributed by atoms with E-state index in [4.69, 9.17) is 5.73 Å². The molecule has 0 bridgehead atoms. The Morgan fingerprint density at radius 3 is 2.52 bits per heavy atom. The third-order valence-corrected chi connectivity index (χ3v) is 4.01. The zero-order chi connectivity index (χ0) is 18.3. The normalized spacial score (nSPS) is 13.5. The summed E-state index contributed by atoms with van der Waals surface area (Å²) in [4.78, 5) is 21.2. The molecule has 4 N–H and O–H groups in total. The lowest BCUT2D eigenvalue weighted by Crippen LogP contribution is -2.10. The van der Waals surface area contributed by atoms with Crippen molar-refractivity contribution in [3.8, 4) is 0 Å². The van der Waals surface area contributed by atoms with Gasteiger partial charge in [-0.15, -0.1) is 0 Å². The van der Waals surface area contributed by atoms with Crippen molar-refractivity contribution < 1.29 is 23.6 Å². The Bertz CT molecular complexity index is 897. The number of hydrogen-bond acceptors (Lipinski definition) is 5. The number of nitrogen functional groups attached to an aromatic ring is 1. The summed E-state index contributed by atoms with van der Waals surface area (Å²) in [6, 6.07) is 4.97. The molecule has 0 aromatic heterocycles. The van der Waals surface area contributed by atoms with E-state index in [0.717, 1.165) is 18.4 Å². The first kappa shape index (κ1) is 16.6. The van der Waals surface area contributed by atoms with Crippen molar-refractivity contribution in [1.29, 1.82) is 0 Å². The molecule has 1 saturated carbocycles. The highest BCUT2D eigenvalue weighted by Gasteiger charge is 2.28. The Kier molecular flexibility index (Phi) is 3.99. The predicted octanol–water partition coefficient (Wildman–Crippen LogP) is 3.77.